The molecule has 0 heterocycles. The monoisotopic (exact) mass is 356 g/mol. The van der Waals surface area contributed by atoms with Gasteiger partial charge >= 0.3 is 0 Å². The summed E-state index contributed by atoms with van der Waals surface area (Å²) in [5, 5.41) is 2.92. The maximum atomic E-state index is 12.4. The van der Waals surface area contributed by atoms with E-state index in [1.807, 2.05) is 38.1 Å². The summed E-state index contributed by atoms with van der Waals surface area (Å²) >= 11 is 0. The van der Waals surface area contributed by atoms with Crippen LogP contribution in [0.3, 0.4) is 0 Å². The molecular formula is C19H20N2O3S. The molecule has 0 aliphatic rings. The minimum atomic E-state index is -3.66. The number of hydrogen-bond donors (Lipinski definition) is 2. The zero-order chi connectivity index (χ0) is 18.4. The first kappa shape index (κ1) is 18.7. The van der Waals surface area contributed by atoms with Gasteiger partial charge in [0.25, 0.3) is 5.91 Å². The average molecular weight is 356 g/mol. The number of terminal acetylenes is 1. The van der Waals surface area contributed by atoms with Crippen LogP contribution in [0.1, 0.15) is 34.5 Å². The third kappa shape index (κ3) is 4.69. The second-order valence-electron chi connectivity index (χ2n) is 5.60. The topological polar surface area (TPSA) is 75.3 Å². The minimum absolute atomic E-state index is 0.0613. The Bertz CT molecular complexity index is 897. The number of carbonyl (C=O) groups excluding carboxylic acids is 1. The van der Waals surface area contributed by atoms with E-state index in [0.29, 0.717) is 5.56 Å². The standard InChI is InChI=1S/C19H20N2O3S/c1-4-13-20-25(23,24)17-11-9-16(10-12-17)19(22)21-15(3)18-8-6-5-7-14(18)2/h1,5-12,15,20H,13H2,2-3H3,(H,21,22)/t15-/m0/s1. The number of rotatable bonds is 6. The van der Waals surface area contributed by atoms with E-state index in [0.717, 1.165) is 11.1 Å². The van der Waals surface area contributed by atoms with E-state index in [4.69, 9.17) is 6.42 Å². The van der Waals surface area contributed by atoms with E-state index in [1.165, 1.54) is 24.3 Å². The van der Waals surface area contributed by atoms with E-state index in [2.05, 4.69) is 16.0 Å². The van der Waals surface area contributed by atoms with Crippen LogP contribution < -0.4 is 10.0 Å². The van der Waals surface area contributed by atoms with Crippen LogP contribution in [0.25, 0.3) is 0 Å². The Morgan fingerprint density at radius 3 is 2.40 bits per heavy atom. The third-order valence-corrected chi connectivity index (χ3v) is 5.21. The summed E-state index contributed by atoms with van der Waals surface area (Å²) in [6.45, 7) is 3.81. The van der Waals surface area contributed by atoms with E-state index < -0.39 is 10.0 Å². The lowest BCUT2D eigenvalue weighted by atomic mass is 10.0. The van der Waals surface area contributed by atoms with Crippen LogP contribution in [0.4, 0.5) is 0 Å². The maximum Gasteiger partial charge on any atom is 0.251 e. The highest BCUT2D eigenvalue weighted by atomic mass is 32.2. The minimum Gasteiger partial charge on any atom is -0.346 e. The molecule has 25 heavy (non-hydrogen) atoms. The number of benzene rings is 2. The van der Waals surface area contributed by atoms with Gasteiger partial charge in [0.15, 0.2) is 0 Å². The van der Waals surface area contributed by atoms with Gasteiger partial charge in [0.1, 0.15) is 0 Å². The molecule has 2 rings (SSSR count). The fourth-order valence-corrected chi connectivity index (χ4v) is 3.37. The molecule has 0 aliphatic carbocycles. The molecule has 5 nitrogen and oxygen atoms in total. The first-order chi connectivity index (χ1) is 11.8. The van der Waals surface area contributed by atoms with Crippen molar-refractivity contribution in [1.29, 1.82) is 0 Å². The van der Waals surface area contributed by atoms with Crippen LogP contribution in [0.5, 0.6) is 0 Å². The summed E-state index contributed by atoms with van der Waals surface area (Å²) in [4.78, 5) is 12.4. The molecule has 6 heteroatoms. The molecule has 0 aromatic heterocycles. The molecule has 2 aromatic carbocycles. The average Bonchev–Trinajstić information content (AvgIpc) is 2.60. The molecule has 0 aliphatic heterocycles. The highest BCUT2D eigenvalue weighted by molar-refractivity contribution is 7.89. The van der Waals surface area contributed by atoms with Gasteiger partial charge in [-0.3, -0.25) is 4.79 Å². The van der Waals surface area contributed by atoms with Crippen molar-refractivity contribution in [1.82, 2.24) is 10.0 Å². The summed E-state index contributed by atoms with van der Waals surface area (Å²) in [7, 11) is -3.66. The third-order valence-electron chi connectivity index (χ3n) is 3.79. The Morgan fingerprint density at radius 1 is 1.16 bits per heavy atom. The maximum absolute atomic E-state index is 12.4. The van der Waals surface area contributed by atoms with Crippen LogP contribution in [0, 0.1) is 19.3 Å². The zero-order valence-electron chi connectivity index (χ0n) is 14.1. The van der Waals surface area contributed by atoms with E-state index in [9.17, 15) is 13.2 Å². The molecule has 130 valence electrons. The molecular weight excluding hydrogens is 336 g/mol. The van der Waals surface area contributed by atoms with Gasteiger partial charge in [-0.1, -0.05) is 30.2 Å². The van der Waals surface area contributed by atoms with E-state index >= 15 is 0 Å². The number of amides is 1. The van der Waals surface area contributed by atoms with Crippen molar-refractivity contribution in [2.24, 2.45) is 0 Å². The van der Waals surface area contributed by atoms with Gasteiger partial charge in [0, 0.05) is 5.56 Å². The number of aryl methyl sites for hydroxylation is 1. The number of carbonyl (C=O) groups is 1. The van der Waals surface area contributed by atoms with Crippen LogP contribution in [0.15, 0.2) is 53.4 Å². The SMILES string of the molecule is C#CCNS(=O)(=O)c1ccc(C(=O)N[C@@H](C)c2ccccc2C)cc1. The highest BCUT2D eigenvalue weighted by Crippen LogP contribution is 2.18. The van der Waals surface area contributed by atoms with E-state index in [-0.39, 0.29) is 23.4 Å². The zero-order valence-corrected chi connectivity index (χ0v) is 14.9. The van der Waals surface area contributed by atoms with Crippen LogP contribution in [-0.2, 0) is 10.0 Å². The predicted molar refractivity (Wildman–Crippen MR) is 97.5 cm³/mol. The molecule has 2 aromatic rings. The summed E-state index contributed by atoms with van der Waals surface area (Å²) in [6.07, 6.45) is 5.05. The first-order valence-electron chi connectivity index (χ1n) is 7.74. The van der Waals surface area contributed by atoms with Crippen molar-refractivity contribution < 1.29 is 13.2 Å². The molecule has 0 radical (unpaired) electrons. The van der Waals surface area contributed by atoms with Crippen LogP contribution >= 0.6 is 0 Å². The Hall–Kier alpha value is -2.62. The van der Waals surface area contributed by atoms with Gasteiger partial charge in [-0.25, -0.2) is 8.42 Å². The molecule has 0 saturated carbocycles. The van der Waals surface area contributed by atoms with Crippen molar-refractivity contribution in [3.63, 3.8) is 0 Å². The second kappa shape index (κ2) is 7.97. The lowest BCUT2D eigenvalue weighted by Crippen LogP contribution is -2.27. The summed E-state index contributed by atoms with van der Waals surface area (Å²) in [6, 6.07) is 13.4. The van der Waals surface area contributed by atoms with Gasteiger partial charge < -0.3 is 5.32 Å². The van der Waals surface area contributed by atoms with Gasteiger partial charge in [0.05, 0.1) is 17.5 Å². The van der Waals surface area contributed by atoms with Gasteiger partial charge in [-0.05, 0) is 49.2 Å². The van der Waals surface area contributed by atoms with Gasteiger partial charge in [0.2, 0.25) is 10.0 Å². The molecule has 0 spiro atoms. The highest BCUT2D eigenvalue weighted by Gasteiger charge is 2.16. The molecule has 0 saturated heterocycles. The Labute approximate surface area is 148 Å². The van der Waals surface area contributed by atoms with Crippen molar-refractivity contribution in [3.8, 4) is 12.3 Å². The smallest absolute Gasteiger partial charge is 0.251 e. The molecule has 0 unspecified atom stereocenters. The van der Waals surface area contributed by atoms with E-state index in [1.54, 1.807) is 0 Å². The molecule has 2 N–H and O–H groups in total. The van der Waals surface area contributed by atoms with Crippen LogP contribution in [-0.4, -0.2) is 20.9 Å². The van der Waals surface area contributed by atoms with Crippen molar-refractivity contribution in [2.45, 2.75) is 24.8 Å². The largest absolute Gasteiger partial charge is 0.346 e. The Kier molecular flexibility index (Phi) is 5.97. The van der Waals surface area contributed by atoms with Crippen LogP contribution in [0.2, 0.25) is 0 Å². The van der Waals surface area contributed by atoms with Gasteiger partial charge in [-0.15, -0.1) is 6.42 Å². The quantitative estimate of drug-likeness (QED) is 0.781. The number of sulfonamides is 1. The lowest BCUT2D eigenvalue weighted by molar-refractivity contribution is 0.0939. The number of nitrogens with one attached hydrogen (secondary N) is 2. The fourth-order valence-electron chi connectivity index (χ4n) is 2.44. The molecule has 1 atom stereocenters. The van der Waals surface area contributed by atoms with Crippen molar-refractivity contribution in [2.75, 3.05) is 6.54 Å². The predicted octanol–water partition coefficient (Wildman–Crippen LogP) is 2.40. The summed E-state index contributed by atoms with van der Waals surface area (Å²) in [5.41, 5.74) is 2.51. The Morgan fingerprint density at radius 2 is 1.80 bits per heavy atom. The molecule has 0 bridgehead atoms. The Balaban J connectivity index is 2.11. The van der Waals surface area contributed by atoms with Gasteiger partial charge in [-0.2, -0.15) is 4.72 Å². The second-order valence-corrected chi connectivity index (χ2v) is 7.37. The fraction of sp³-hybridized carbons (Fsp3) is 0.211. The normalized spacial score (nSPS) is 12.2. The van der Waals surface area contributed by atoms with Crippen molar-refractivity contribution >= 4 is 15.9 Å². The van der Waals surface area contributed by atoms with Crippen molar-refractivity contribution in [3.05, 3.63) is 65.2 Å². The first-order valence-corrected chi connectivity index (χ1v) is 9.23. The molecule has 1 amide bonds. The molecule has 0 fully saturated rings. The lowest BCUT2D eigenvalue weighted by Gasteiger charge is -2.16. The summed E-state index contributed by atoms with van der Waals surface area (Å²) in [5.74, 6) is 1.94. The number of hydrogen-bond acceptors (Lipinski definition) is 3. The summed E-state index contributed by atoms with van der Waals surface area (Å²) < 4.78 is 26.2.